The van der Waals surface area contributed by atoms with Gasteiger partial charge in [0.2, 0.25) is 0 Å². The predicted octanol–water partition coefficient (Wildman–Crippen LogP) is 2.47. The first-order valence-electron chi connectivity index (χ1n) is 7.84. The molecule has 0 aliphatic carbocycles. The van der Waals surface area contributed by atoms with E-state index in [1.54, 1.807) is 0 Å². The van der Waals surface area contributed by atoms with E-state index in [0.29, 0.717) is 5.75 Å². The van der Waals surface area contributed by atoms with Crippen LogP contribution in [0.2, 0.25) is 0 Å². The molecule has 2 aromatic rings. The Labute approximate surface area is 137 Å². The third kappa shape index (κ3) is 4.58. The molecule has 1 aromatic carbocycles. The van der Waals surface area contributed by atoms with Gasteiger partial charge in [-0.2, -0.15) is 5.10 Å². The Kier molecular flexibility index (Phi) is 5.42. The Morgan fingerprint density at radius 3 is 2.48 bits per heavy atom. The van der Waals surface area contributed by atoms with Gasteiger partial charge in [-0.3, -0.25) is 9.48 Å². The third-order valence-corrected chi connectivity index (χ3v) is 3.97. The van der Waals surface area contributed by atoms with Crippen molar-refractivity contribution in [3.05, 3.63) is 46.8 Å². The van der Waals surface area contributed by atoms with Crippen molar-refractivity contribution in [2.24, 2.45) is 7.05 Å². The molecule has 1 atom stereocenters. The van der Waals surface area contributed by atoms with E-state index in [-0.39, 0.29) is 18.6 Å². The fraction of sp³-hybridized carbons (Fsp3) is 0.444. The van der Waals surface area contributed by atoms with Crippen molar-refractivity contribution in [1.82, 2.24) is 15.1 Å². The molecule has 124 valence electrons. The highest BCUT2D eigenvalue weighted by molar-refractivity contribution is 5.77. The zero-order valence-electron chi connectivity index (χ0n) is 14.5. The molecule has 0 bridgehead atoms. The predicted molar refractivity (Wildman–Crippen MR) is 90.7 cm³/mol. The fourth-order valence-corrected chi connectivity index (χ4v) is 2.57. The summed E-state index contributed by atoms with van der Waals surface area (Å²) < 4.78 is 7.37. The number of nitrogens with one attached hydrogen (secondary N) is 1. The number of amides is 1. The lowest BCUT2D eigenvalue weighted by Crippen LogP contribution is -2.37. The third-order valence-electron chi connectivity index (χ3n) is 3.97. The van der Waals surface area contributed by atoms with Gasteiger partial charge in [0.05, 0.1) is 5.69 Å². The molecule has 1 unspecified atom stereocenters. The molecular weight excluding hydrogens is 290 g/mol. The molecule has 0 aliphatic rings. The number of hydrogen-bond donors (Lipinski definition) is 1. The lowest BCUT2D eigenvalue weighted by atomic mass is 10.1. The SMILES string of the molecule is Cc1ccc(OCC(=O)NC(C)Cc2c(C)nn(C)c2C)cc1. The number of nitrogens with zero attached hydrogens (tertiary/aromatic N) is 2. The zero-order chi connectivity index (χ0) is 17.0. The van der Waals surface area contributed by atoms with Crippen LogP contribution in [0.25, 0.3) is 0 Å². The van der Waals surface area contributed by atoms with Gasteiger partial charge in [-0.05, 0) is 51.8 Å². The Balaban J connectivity index is 1.83. The molecule has 0 spiro atoms. The van der Waals surface area contributed by atoms with Crippen LogP contribution >= 0.6 is 0 Å². The standard InChI is InChI=1S/C18H25N3O2/c1-12-6-8-16(9-7-12)23-11-18(22)19-13(2)10-17-14(3)20-21(5)15(17)4/h6-9,13H,10-11H2,1-5H3,(H,19,22). The second-order valence-corrected chi connectivity index (χ2v) is 6.05. The van der Waals surface area contributed by atoms with Crippen LogP contribution in [0.5, 0.6) is 5.75 Å². The Morgan fingerprint density at radius 2 is 1.91 bits per heavy atom. The smallest absolute Gasteiger partial charge is 0.258 e. The number of hydrogen-bond acceptors (Lipinski definition) is 3. The second kappa shape index (κ2) is 7.31. The molecule has 0 radical (unpaired) electrons. The van der Waals surface area contributed by atoms with Crippen molar-refractivity contribution >= 4 is 5.91 Å². The van der Waals surface area contributed by atoms with E-state index in [9.17, 15) is 4.79 Å². The maximum absolute atomic E-state index is 12.0. The summed E-state index contributed by atoms with van der Waals surface area (Å²) >= 11 is 0. The van der Waals surface area contributed by atoms with E-state index >= 15 is 0 Å². The summed E-state index contributed by atoms with van der Waals surface area (Å²) in [5, 5.41) is 7.38. The number of rotatable bonds is 6. The van der Waals surface area contributed by atoms with Gasteiger partial charge in [-0.15, -0.1) is 0 Å². The summed E-state index contributed by atoms with van der Waals surface area (Å²) in [4.78, 5) is 12.0. The Bertz CT molecular complexity index is 674. The average Bonchev–Trinajstić information content (AvgIpc) is 2.73. The van der Waals surface area contributed by atoms with Crippen LogP contribution in [-0.4, -0.2) is 28.3 Å². The Morgan fingerprint density at radius 1 is 1.26 bits per heavy atom. The van der Waals surface area contributed by atoms with Crippen LogP contribution in [-0.2, 0) is 18.3 Å². The van der Waals surface area contributed by atoms with E-state index in [1.807, 2.05) is 63.7 Å². The van der Waals surface area contributed by atoms with Gasteiger partial charge < -0.3 is 10.1 Å². The minimum Gasteiger partial charge on any atom is -0.484 e. The molecule has 5 nitrogen and oxygen atoms in total. The highest BCUT2D eigenvalue weighted by Gasteiger charge is 2.14. The maximum atomic E-state index is 12.0. The molecule has 5 heteroatoms. The minimum absolute atomic E-state index is 0.0262. The van der Waals surface area contributed by atoms with Gasteiger partial charge in [-0.25, -0.2) is 0 Å². The molecule has 0 saturated heterocycles. The van der Waals surface area contributed by atoms with Crippen molar-refractivity contribution in [3.8, 4) is 5.75 Å². The van der Waals surface area contributed by atoms with Gasteiger partial charge in [0.1, 0.15) is 5.75 Å². The van der Waals surface area contributed by atoms with E-state index in [0.717, 1.165) is 23.4 Å². The molecule has 1 amide bonds. The number of aromatic nitrogens is 2. The van der Waals surface area contributed by atoms with Crippen molar-refractivity contribution < 1.29 is 9.53 Å². The molecule has 23 heavy (non-hydrogen) atoms. The molecule has 0 saturated carbocycles. The summed E-state index contributed by atoms with van der Waals surface area (Å²) in [5.41, 5.74) is 4.51. The monoisotopic (exact) mass is 315 g/mol. The van der Waals surface area contributed by atoms with Crippen molar-refractivity contribution in [1.29, 1.82) is 0 Å². The number of aryl methyl sites for hydroxylation is 3. The quantitative estimate of drug-likeness (QED) is 0.891. The number of carbonyl (C=O) groups is 1. The summed E-state index contributed by atoms with van der Waals surface area (Å²) in [6, 6.07) is 7.70. The van der Waals surface area contributed by atoms with Crippen LogP contribution in [0.3, 0.4) is 0 Å². The van der Waals surface area contributed by atoms with Crippen LogP contribution in [0.4, 0.5) is 0 Å². The van der Waals surface area contributed by atoms with E-state index < -0.39 is 0 Å². The largest absolute Gasteiger partial charge is 0.484 e. The maximum Gasteiger partial charge on any atom is 0.258 e. The molecule has 1 heterocycles. The van der Waals surface area contributed by atoms with Crippen molar-refractivity contribution in [2.75, 3.05) is 6.61 Å². The van der Waals surface area contributed by atoms with E-state index in [4.69, 9.17) is 4.74 Å². The normalized spacial score (nSPS) is 12.0. The van der Waals surface area contributed by atoms with E-state index in [1.165, 1.54) is 5.56 Å². The topological polar surface area (TPSA) is 56.1 Å². The average molecular weight is 315 g/mol. The first-order chi connectivity index (χ1) is 10.9. The van der Waals surface area contributed by atoms with Gasteiger partial charge in [0.15, 0.2) is 6.61 Å². The highest BCUT2D eigenvalue weighted by atomic mass is 16.5. The zero-order valence-corrected chi connectivity index (χ0v) is 14.5. The van der Waals surface area contributed by atoms with Crippen molar-refractivity contribution in [2.45, 2.75) is 40.2 Å². The molecule has 2 rings (SSSR count). The minimum atomic E-state index is -0.114. The molecular formula is C18H25N3O2. The first-order valence-corrected chi connectivity index (χ1v) is 7.84. The number of benzene rings is 1. The molecule has 1 N–H and O–H groups in total. The van der Waals surface area contributed by atoms with Crippen LogP contribution < -0.4 is 10.1 Å². The summed E-state index contributed by atoms with van der Waals surface area (Å²) in [7, 11) is 1.94. The number of carbonyl (C=O) groups excluding carboxylic acids is 1. The fourth-order valence-electron chi connectivity index (χ4n) is 2.57. The lowest BCUT2D eigenvalue weighted by molar-refractivity contribution is -0.123. The first kappa shape index (κ1) is 17.1. The summed E-state index contributed by atoms with van der Waals surface area (Å²) in [5.74, 6) is 0.592. The van der Waals surface area contributed by atoms with Crippen LogP contribution in [0.15, 0.2) is 24.3 Å². The van der Waals surface area contributed by atoms with Crippen LogP contribution in [0, 0.1) is 20.8 Å². The lowest BCUT2D eigenvalue weighted by Gasteiger charge is -2.15. The van der Waals surface area contributed by atoms with Crippen molar-refractivity contribution in [3.63, 3.8) is 0 Å². The molecule has 0 fully saturated rings. The molecule has 1 aromatic heterocycles. The number of ether oxygens (including phenoxy) is 1. The second-order valence-electron chi connectivity index (χ2n) is 6.05. The summed E-state index contributed by atoms with van der Waals surface area (Å²) in [6.45, 7) is 8.08. The van der Waals surface area contributed by atoms with Gasteiger partial charge in [-0.1, -0.05) is 17.7 Å². The summed E-state index contributed by atoms with van der Waals surface area (Å²) in [6.07, 6.45) is 0.766. The van der Waals surface area contributed by atoms with Gasteiger partial charge >= 0.3 is 0 Å². The highest BCUT2D eigenvalue weighted by Crippen LogP contribution is 2.14. The van der Waals surface area contributed by atoms with Gasteiger partial charge in [0, 0.05) is 18.8 Å². The van der Waals surface area contributed by atoms with E-state index in [2.05, 4.69) is 10.4 Å². The van der Waals surface area contributed by atoms with Crippen LogP contribution in [0.1, 0.15) is 29.4 Å². The van der Waals surface area contributed by atoms with Gasteiger partial charge in [0.25, 0.3) is 5.91 Å². The molecule has 0 aliphatic heterocycles. The Hall–Kier alpha value is -2.30.